The summed E-state index contributed by atoms with van der Waals surface area (Å²) >= 11 is 18.4. The SMILES string of the molecule is C[C@@]1(Cn2ccnn2)S[C@@H]2N(C(=O)[C@@]2(N)C(=O)Cc2ccccc2)[C@H]1C(=O)OCC(Cl)(Cl)Cl. The number of carbonyl (C=O) groups is 3. The number of nitrogens with zero attached hydrogens (tertiary/aromatic N) is 4. The number of amides is 1. The summed E-state index contributed by atoms with van der Waals surface area (Å²) in [6, 6.07) is 7.94. The maximum absolute atomic E-state index is 13.2. The Hall–Kier alpha value is -1.85. The summed E-state index contributed by atoms with van der Waals surface area (Å²) in [5, 5.41) is 6.98. The third kappa shape index (κ3) is 4.46. The fraction of sp³-hybridized carbons (Fsp3) is 0.450. The first-order valence-electron chi connectivity index (χ1n) is 9.90. The molecule has 4 rings (SSSR count). The number of ether oxygens (including phenoxy) is 1. The summed E-state index contributed by atoms with van der Waals surface area (Å²) in [6.07, 6.45) is 3.12. The Bertz CT molecular complexity index is 1070. The molecule has 1 aromatic carbocycles. The number of nitrogens with two attached hydrogens (primary N) is 1. The molecule has 33 heavy (non-hydrogen) atoms. The van der Waals surface area contributed by atoms with E-state index in [1.807, 2.05) is 6.07 Å². The van der Waals surface area contributed by atoms with Gasteiger partial charge in [-0.15, -0.1) is 16.9 Å². The molecular weight excluding hydrogens is 513 g/mol. The van der Waals surface area contributed by atoms with Crippen molar-refractivity contribution in [2.24, 2.45) is 5.73 Å². The second kappa shape index (κ2) is 8.74. The molecule has 0 radical (unpaired) electrons. The maximum Gasteiger partial charge on any atom is 0.330 e. The number of fused-ring (bicyclic) bond motifs is 1. The minimum Gasteiger partial charge on any atom is -0.460 e. The average Bonchev–Trinajstić information content (AvgIpc) is 3.36. The predicted octanol–water partition coefficient (Wildman–Crippen LogP) is 1.74. The van der Waals surface area contributed by atoms with Crippen LogP contribution in [0.5, 0.6) is 0 Å². The third-order valence-corrected chi connectivity index (χ3v) is 7.73. The van der Waals surface area contributed by atoms with Crippen molar-refractivity contribution in [2.45, 2.75) is 45.4 Å². The number of β-lactam (4-membered cyclic amide) rings is 1. The minimum atomic E-state index is -1.81. The average molecular weight is 533 g/mol. The molecule has 2 fully saturated rings. The van der Waals surface area contributed by atoms with Gasteiger partial charge in [0.25, 0.3) is 5.91 Å². The first-order chi connectivity index (χ1) is 15.5. The van der Waals surface area contributed by atoms with Crippen LogP contribution in [0, 0.1) is 0 Å². The minimum absolute atomic E-state index is 0.00382. The Morgan fingerprint density at radius 3 is 2.58 bits per heavy atom. The zero-order chi connectivity index (χ0) is 24.0. The first kappa shape index (κ1) is 24.3. The molecule has 2 aromatic rings. The Kier molecular flexibility index (Phi) is 6.43. The third-order valence-electron chi connectivity index (χ3n) is 5.69. The van der Waals surface area contributed by atoms with E-state index in [0.717, 1.165) is 5.56 Å². The van der Waals surface area contributed by atoms with Crippen LogP contribution < -0.4 is 5.73 Å². The standard InChI is InChI=1S/C20H20Cl3N5O4S/c1-18(10-27-8-7-25-26-27)14(15(30)32-11-19(21,22)23)28-16(31)20(24,17(28)33-18)13(29)9-12-5-3-2-4-6-12/h2-8,14,17H,9-11,24H2,1H3/t14-,17-,18-,20-/m0/s1. The summed E-state index contributed by atoms with van der Waals surface area (Å²) in [6.45, 7) is 1.48. The van der Waals surface area contributed by atoms with E-state index in [9.17, 15) is 14.4 Å². The Morgan fingerprint density at radius 2 is 1.97 bits per heavy atom. The van der Waals surface area contributed by atoms with E-state index >= 15 is 0 Å². The molecule has 0 aliphatic carbocycles. The highest BCUT2D eigenvalue weighted by molar-refractivity contribution is 8.01. The van der Waals surface area contributed by atoms with Gasteiger partial charge in [0.2, 0.25) is 3.79 Å². The van der Waals surface area contributed by atoms with Crippen molar-refractivity contribution < 1.29 is 19.1 Å². The second-order valence-corrected chi connectivity index (χ2v) is 12.3. The number of rotatable bonds is 7. The van der Waals surface area contributed by atoms with Gasteiger partial charge in [-0.05, 0) is 12.5 Å². The van der Waals surface area contributed by atoms with Gasteiger partial charge in [-0.25, -0.2) is 4.79 Å². The second-order valence-electron chi connectivity index (χ2n) is 8.18. The van der Waals surface area contributed by atoms with Crippen molar-refractivity contribution in [3.05, 3.63) is 48.3 Å². The quantitative estimate of drug-likeness (QED) is 0.248. The van der Waals surface area contributed by atoms with Crippen LogP contribution in [0.4, 0.5) is 0 Å². The number of esters is 1. The van der Waals surface area contributed by atoms with Crippen molar-refractivity contribution in [3.8, 4) is 0 Å². The molecular formula is C20H20Cl3N5O4S. The lowest BCUT2D eigenvalue weighted by Crippen LogP contribution is -2.81. The van der Waals surface area contributed by atoms with Crippen molar-refractivity contribution >= 4 is 64.2 Å². The van der Waals surface area contributed by atoms with Gasteiger partial charge in [0.05, 0.1) is 17.5 Å². The number of aromatic nitrogens is 3. The number of thioether (sulfide) groups is 1. The van der Waals surface area contributed by atoms with E-state index in [0.29, 0.717) is 0 Å². The fourth-order valence-electron chi connectivity index (χ4n) is 4.14. The lowest BCUT2D eigenvalue weighted by atomic mass is 9.80. The van der Waals surface area contributed by atoms with E-state index in [2.05, 4.69) is 10.3 Å². The Labute approximate surface area is 208 Å². The molecule has 2 saturated heterocycles. The number of hydrogen-bond acceptors (Lipinski definition) is 8. The van der Waals surface area contributed by atoms with Crippen LogP contribution in [-0.4, -0.2) is 69.7 Å². The number of benzene rings is 1. The highest BCUT2D eigenvalue weighted by Gasteiger charge is 2.73. The molecule has 0 bridgehead atoms. The molecule has 4 atom stereocenters. The smallest absolute Gasteiger partial charge is 0.330 e. The van der Waals surface area contributed by atoms with Gasteiger partial charge in [0.15, 0.2) is 11.3 Å². The summed E-state index contributed by atoms with van der Waals surface area (Å²) < 4.78 is 4.00. The highest BCUT2D eigenvalue weighted by Crippen LogP contribution is 2.55. The van der Waals surface area contributed by atoms with E-state index in [-0.39, 0.29) is 13.0 Å². The van der Waals surface area contributed by atoms with Gasteiger partial charge in [-0.1, -0.05) is 70.3 Å². The lowest BCUT2D eigenvalue weighted by Gasteiger charge is -2.49. The van der Waals surface area contributed by atoms with E-state index in [1.165, 1.54) is 27.5 Å². The molecule has 3 heterocycles. The van der Waals surface area contributed by atoms with Crippen molar-refractivity contribution in [1.29, 1.82) is 0 Å². The molecule has 0 unspecified atom stereocenters. The normalized spacial score (nSPS) is 28.9. The number of alkyl halides is 3. The molecule has 2 aliphatic heterocycles. The van der Waals surface area contributed by atoms with E-state index in [4.69, 9.17) is 45.3 Å². The van der Waals surface area contributed by atoms with Crippen molar-refractivity contribution in [3.63, 3.8) is 0 Å². The molecule has 13 heteroatoms. The number of ketones is 1. The zero-order valence-electron chi connectivity index (χ0n) is 17.4. The van der Waals surface area contributed by atoms with Crippen LogP contribution in [0.2, 0.25) is 0 Å². The molecule has 176 valence electrons. The van der Waals surface area contributed by atoms with Gasteiger partial charge >= 0.3 is 5.97 Å². The Morgan fingerprint density at radius 1 is 1.27 bits per heavy atom. The topological polar surface area (TPSA) is 120 Å². The van der Waals surface area contributed by atoms with Gasteiger partial charge < -0.3 is 15.4 Å². The van der Waals surface area contributed by atoms with Crippen LogP contribution >= 0.6 is 46.6 Å². The van der Waals surface area contributed by atoms with Gasteiger partial charge in [0, 0.05) is 12.6 Å². The van der Waals surface area contributed by atoms with Crippen LogP contribution in [0.15, 0.2) is 42.7 Å². The maximum atomic E-state index is 13.2. The molecule has 1 aromatic heterocycles. The molecule has 9 nitrogen and oxygen atoms in total. The van der Waals surface area contributed by atoms with Crippen LogP contribution in [0.25, 0.3) is 0 Å². The van der Waals surface area contributed by atoms with Crippen molar-refractivity contribution in [1.82, 2.24) is 19.9 Å². The molecule has 1 amide bonds. The van der Waals surface area contributed by atoms with Crippen LogP contribution in [-0.2, 0) is 32.1 Å². The molecule has 0 spiro atoms. The number of Topliss-reactive ketones (excluding diaryl/α,β-unsaturated/α-hetero) is 1. The predicted molar refractivity (Wildman–Crippen MR) is 124 cm³/mol. The Balaban J connectivity index is 1.61. The lowest BCUT2D eigenvalue weighted by molar-refractivity contribution is -0.171. The zero-order valence-corrected chi connectivity index (χ0v) is 20.4. The van der Waals surface area contributed by atoms with Crippen LogP contribution in [0.3, 0.4) is 0 Å². The van der Waals surface area contributed by atoms with E-state index in [1.54, 1.807) is 37.4 Å². The summed E-state index contributed by atoms with van der Waals surface area (Å²) in [5.41, 5.74) is 5.38. The van der Waals surface area contributed by atoms with Crippen LogP contribution in [0.1, 0.15) is 12.5 Å². The largest absolute Gasteiger partial charge is 0.460 e. The monoisotopic (exact) mass is 531 g/mol. The molecule has 2 N–H and O–H groups in total. The summed E-state index contributed by atoms with van der Waals surface area (Å²) in [7, 11) is 0. The summed E-state index contributed by atoms with van der Waals surface area (Å²) in [4.78, 5) is 40.8. The van der Waals surface area contributed by atoms with Gasteiger partial charge in [-0.3, -0.25) is 14.3 Å². The molecule has 0 saturated carbocycles. The summed E-state index contributed by atoms with van der Waals surface area (Å²) in [5.74, 6) is -1.82. The van der Waals surface area contributed by atoms with Gasteiger partial charge in [0.1, 0.15) is 18.0 Å². The van der Waals surface area contributed by atoms with E-state index < -0.39 is 49.8 Å². The number of carbonyl (C=O) groups excluding carboxylic acids is 3. The molecule has 2 aliphatic rings. The number of hydrogen-bond donors (Lipinski definition) is 1. The fourth-order valence-corrected chi connectivity index (χ4v) is 6.11. The highest BCUT2D eigenvalue weighted by atomic mass is 35.6. The van der Waals surface area contributed by atoms with Gasteiger partial charge in [-0.2, -0.15) is 0 Å². The first-order valence-corrected chi connectivity index (χ1v) is 11.9. The van der Waals surface area contributed by atoms with Crippen molar-refractivity contribution in [2.75, 3.05) is 6.61 Å². The number of halogens is 3.